The topological polar surface area (TPSA) is 73.2 Å². The third-order valence-electron chi connectivity index (χ3n) is 2.76. The van der Waals surface area contributed by atoms with Crippen molar-refractivity contribution in [3.63, 3.8) is 0 Å². The molecule has 2 amide bonds. The summed E-state index contributed by atoms with van der Waals surface area (Å²) in [4.78, 5) is 24.2. The highest BCUT2D eigenvalue weighted by Gasteiger charge is 2.34. The average Bonchev–Trinajstić information content (AvgIpc) is 3.06. The summed E-state index contributed by atoms with van der Waals surface area (Å²) in [5.74, 6) is -0.737. The van der Waals surface area contributed by atoms with Gasteiger partial charge in [0.05, 0.1) is 6.07 Å². The van der Waals surface area contributed by atoms with Gasteiger partial charge in [0, 0.05) is 13.1 Å². The molecule has 1 aliphatic carbocycles. The van der Waals surface area contributed by atoms with Crippen molar-refractivity contribution in [1.82, 2.24) is 10.2 Å². The Labute approximate surface area is 89.0 Å². The first-order chi connectivity index (χ1) is 7.07. The van der Waals surface area contributed by atoms with Crippen LogP contribution in [-0.4, -0.2) is 36.3 Å². The van der Waals surface area contributed by atoms with Crippen molar-refractivity contribution < 1.29 is 9.59 Å². The summed E-state index contributed by atoms with van der Waals surface area (Å²) >= 11 is 0. The zero-order valence-corrected chi connectivity index (χ0v) is 8.99. The molecule has 0 aromatic rings. The summed E-state index contributed by atoms with van der Waals surface area (Å²) in [6.45, 7) is 1.81. The summed E-state index contributed by atoms with van der Waals surface area (Å²) < 4.78 is 0. The van der Waals surface area contributed by atoms with Gasteiger partial charge < -0.3 is 10.2 Å². The summed E-state index contributed by atoms with van der Waals surface area (Å²) in [7, 11) is 1.62. The maximum absolute atomic E-state index is 11.5. The summed E-state index contributed by atoms with van der Waals surface area (Å²) in [5.41, 5.74) is 0. The van der Waals surface area contributed by atoms with Crippen LogP contribution in [0.15, 0.2) is 0 Å². The minimum absolute atomic E-state index is 0.102. The van der Waals surface area contributed by atoms with Gasteiger partial charge in [-0.1, -0.05) is 0 Å². The number of nitrogens with one attached hydrogen (secondary N) is 1. The van der Waals surface area contributed by atoms with Gasteiger partial charge in [-0.25, -0.2) is 0 Å². The Morgan fingerprint density at radius 2 is 2.20 bits per heavy atom. The Bertz CT molecular complexity index is 304. The lowest BCUT2D eigenvalue weighted by atomic mass is 10.2. The molecule has 0 heterocycles. The first-order valence-electron chi connectivity index (χ1n) is 5.00. The molecule has 0 aromatic heterocycles. The van der Waals surface area contributed by atoms with E-state index in [1.165, 1.54) is 4.90 Å². The Kier molecular flexibility index (Phi) is 3.67. The number of nitrogens with zero attached hydrogens (tertiary/aromatic N) is 2. The van der Waals surface area contributed by atoms with Crippen molar-refractivity contribution in [2.24, 2.45) is 5.92 Å². The largest absolute Gasteiger partial charge is 0.335 e. The van der Waals surface area contributed by atoms with E-state index in [4.69, 9.17) is 5.26 Å². The van der Waals surface area contributed by atoms with E-state index in [1.54, 1.807) is 13.1 Å². The quantitative estimate of drug-likeness (QED) is 0.520. The SMILES string of the molecule is CC(C1CC1)N(C)C(=O)C(=O)NCC#N. The van der Waals surface area contributed by atoms with Gasteiger partial charge in [-0.05, 0) is 25.7 Å². The van der Waals surface area contributed by atoms with E-state index in [2.05, 4.69) is 5.32 Å². The predicted octanol–water partition coefficient (Wildman–Crippen LogP) is -0.117. The number of nitriles is 1. The fourth-order valence-electron chi connectivity index (χ4n) is 1.44. The molecule has 82 valence electrons. The fourth-order valence-corrected chi connectivity index (χ4v) is 1.44. The predicted molar refractivity (Wildman–Crippen MR) is 53.6 cm³/mol. The van der Waals surface area contributed by atoms with Crippen molar-refractivity contribution >= 4 is 11.8 Å². The van der Waals surface area contributed by atoms with E-state index in [1.807, 2.05) is 6.92 Å². The zero-order valence-electron chi connectivity index (χ0n) is 8.99. The second-order valence-corrected chi connectivity index (χ2v) is 3.83. The Morgan fingerprint density at radius 1 is 1.60 bits per heavy atom. The van der Waals surface area contributed by atoms with Crippen molar-refractivity contribution in [2.75, 3.05) is 13.6 Å². The molecule has 1 atom stereocenters. The van der Waals surface area contributed by atoms with Gasteiger partial charge in [-0.3, -0.25) is 9.59 Å². The van der Waals surface area contributed by atoms with Crippen LogP contribution in [0.1, 0.15) is 19.8 Å². The highest BCUT2D eigenvalue weighted by molar-refractivity contribution is 6.35. The van der Waals surface area contributed by atoms with Crippen molar-refractivity contribution in [3.8, 4) is 6.07 Å². The summed E-state index contributed by atoms with van der Waals surface area (Å²) in [6.07, 6.45) is 2.25. The molecule has 1 N–H and O–H groups in total. The van der Waals surface area contributed by atoms with Crippen LogP contribution < -0.4 is 5.32 Å². The van der Waals surface area contributed by atoms with E-state index in [9.17, 15) is 9.59 Å². The lowest BCUT2D eigenvalue weighted by Gasteiger charge is -2.23. The van der Waals surface area contributed by atoms with E-state index in [0.29, 0.717) is 5.92 Å². The van der Waals surface area contributed by atoms with Gasteiger partial charge in [-0.2, -0.15) is 5.26 Å². The number of rotatable bonds is 3. The number of hydrogen-bond acceptors (Lipinski definition) is 3. The number of amides is 2. The first-order valence-corrected chi connectivity index (χ1v) is 5.00. The standard InChI is InChI=1S/C10H15N3O2/c1-7(8-3-4-8)13(2)10(15)9(14)12-6-5-11/h7-8H,3-4,6H2,1-2H3,(H,12,14). The van der Waals surface area contributed by atoms with Crippen LogP contribution >= 0.6 is 0 Å². The molecule has 1 saturated carbocycles. The zero-order chi connectivity index (χ0) is 11.4. The third-order valence-corrected chi connectivity index (χ3v) is 2.76. The van der Waals surface area contributed by atoms with Crippen LogP contribution in [-0.2, 0) is 9.59 Å². The Morgan fingerprint density at radius 3 is 2.67 bits per heavy atom. The fraction of sp³-hybridized carbons (Fsp3) is 0.700. The highest BCUT2D eigenvalue weighted by Crippen LogP contribution is 2.34. The van der Waals surface area contributed by atoms with E-state index >= 15 is 0 Å². The molecule has 0 spiro atoms. The Hall–Kier alpha value is -1.57. The number of carbonyl (C=O) groups is 2. The van der Waals surface area contributed by atoms with Gasteiger partial charge in [0.25, 0.3) is 0 Å². The molecule has 15 heavy (non-hydrogen) atoms. The Balaban J connectivity index is 2.44. The van der Waals surface area contributed by atoms with Gasteiger partial charge in [0.1, 0.15) is 6.54 Å². The van der Waals surface area contributed by atoms with Gasteiger partial charge >= 0.3 is 11.8 Å². The van der Waals surface area contributed by atoms with Crippen LogP contribution in [0.5, 0.6) is 0 Å². The van der Waals surface area contributed by atoms with Crippen LogP contribution in [0, 0.1) is 17.2 Å². The lowest BCUT2D eigenvalue weighted by Crippen LogP contribution is -2.45. The van der Waals surface area contributed by atoms with Gasteiger partial charge in [0.15, 0.2) is 0 Å². The molecule has 0 aromatic carbocycles. The lowest BCUT2D eigenvalue weighted by molar-refractivity contribution is -0.146. The summed E-state index contributed by atoms with van der Waals surface area (Å²) in [5, 5.41) is 10.5. The molecule has 0 saturated heterocycles. The van der Waals surface area contributed by atoms with Crippen molar-refractivity contribution in [2.45, 2.75) is 25.8 Å². The molecule has 5 nitrogen and oxygen atoms in total. The normalized spacial score (nSPS) is 16.3. The van der Waals surface area contributed by atoms with Crippen molar-refractivity contribution in [1.29, 1.82) is 5.26 Å². The van der Waals surface area contributed by atoms with E-state index < -0.39 is 11.8 Å². The number of hydrogen-bond donors (Lipinski definition) is 1. The molecule has 1 rings (SSSR count). The molecule has 5 heteroatoms. The first kappa shape index (κ1) is 11.5. The van der Waals surface area contributed by atoms with E-state index in [-0.39, 0.29) is 12.6 Å². The minimum atomic E-state index is -0.702. The van der Waals surface area contributed by atoms with Crippen LogP contribution in [0.3, 0.4) is 0 Å². The number of likely N-dealkylation sites (N-methyl/N-ethyl adjacent to an activating group) is 1. The van der Waals surface area contributed by atoms with Gasteiger partial charge in [-0.15, -0.1) is 0 Å². The molecule has 1 aliphatic rings. The van der Waals surface area contributed by atoms with Crippen LogP contribution in [0.2, 0.25) is 0 Å². The maximum Gasteiger partial charge on any atom is 0.311 e. The second-order valence-electron chi connectivity index (χ2n) is 3.83. The van der Waals surface area contributed by atoms with E-state index in [0.717, 1.165) is 12.8 Å². The molecular weight excluding hydrogens is 194 g/mol. The molecule has 1 unspecified atom stereocenters. The molecule has 0 aliphatic heterocycles. The van der Waals surface area contributed by atoms with Crippen LogP contribution in [0.4, 0.5) is 0 Å². The van der Waals surface area contributed by atoms with Gasteiger partial charge in [0.2, 0.25) is 0 Å². The van der Waals surface area contributed by atoms with Crippen LogP contribution in [0.25, 0.3) is 0 Å². The average molecular weight is 209 g/mol. The third kappa shape index (κ3) is 2.94. The minimum Gasteiger partial charge on any atom is -0.335 e. The maximum atomic E-state index is 11.5. The monoisotopic (exact) mass is 209 g/mol. The smallest absolute Gasteiger partial charge is 0.311 e. The highest BCUT2D eigenvalue weighted by atomic mass is 16.2. The molecular formula is C10H15N3O2. The second kappa shape index (κ2) is 4.78. The molecule has 0 bridgehead atoms. The number of carbonyl (C=O) groups excluding carboxylic acids is 2. The summed E-state index contributed by atoms with van der Waals surface area (Å²) in [6, 6.07) is 1.86. The molecule has 1 fully saturated rings. The molecule has 0 radical (unpaired) electrons. The van der Waals surface area contributed by atoms with Crippen molar-refractivity contribution in [3.05, 3.63) is 0 Å².